The smallest absolute Gasteiger partial charge is 0.277 e. The molecule has 3 aromatic rings. The Labute approximate surface area is 101 Å². The third-order valence-electron chi connectivity index (χ3n) is 2.58. The van der Waals surface area contributed by atoms with Crippen LogP contribution in [0.5, 0.6) is 0 Å². The van der Waals surface area contributed by atoms with Crippen LogP contribution in [-0.2, 0) is 0 Å². The average Bonchev–Trinajstić information content (AvgIpc) is 2.95. The number of nitrogens with one attached hydrogen (secondary N) is 1. The molecule has 2 heterocycles. The van der Waals surface area contributed by atoms with E-state index >= 15 is 0 Å². The van der Waals surface area contributed by atoms with Gasteiger partial charge in [0.1, 0.15) is 0 Å². The van der Waals surface area contributed by atoms with Crippen molar-refractivity contribution in [1.29, 1.82) is 0 Å². The first-order valence-corrected chi connectivity index (χ1v) is 5.95. The fraction of sp³-hybridized carbons (Fsp3) is 0. The van der Waals surface area contributed by atoms with Crippen molar-refractivity contribution in [3.05, 3.63) is 40.8 Å². The van der Waals surface area contributed by atoms with Crippen LogP contribution in [0.1, 0.15) is 9.80 Å². The standard InChI is InChI=1S/C12H9N3OS/c13-11(16)12-15-10(6-17-12)8-5-14-9-4-2-1-3-7(8)9/h1-6,14H,(H2,13,16). The zero-order valence-corrected chi connectivity index (χ0v) is 9.62. The number of primary amides is 1. The van der Waals surface area contributed by atoms with E-state index < -0.39 is 5.91 Å². The molecular formula is C12H9N3OS. The number of H-pyrrole nitrogens is 1. The Hall–Kier alpha value is -2.14. The van der Waals surface area contributed by atoms with E-state index in [-0.39, 0.29) is 0 Å². The van der Waals surface area contributed by atoms with Crippen molar-refractivity contribution in [2.75, 3.05) is 0 Å². The third-order valence-corrected chi connectivity index (χ3v) is 3.44. The Morgan fingerprint density at radius 2 is 2.18 bits per heavy atom. The maximum atomic E-state index is 11.0. The van der Waals surface area contributed by atoms with Gasteiger partial charge < -0.3 is 10.7 Å². The summed E-state index contributed by atoms with van der Waals surface area (Å²) < 4.78 is 0. The first-order valence-electron chi connectivity index (χ1n) is 5.07. The van der Waals surface area contributed by atoms with Gasteiger partial charge in [0.15, 0.2) is 5.01 Å². The zero-order valence-electron chi connectivity index (χ0n) is 8.81. The van der Waals surface area contributed by atoms with Crippen molar-refractivity contribution in [1.82, 2.24) is 9.97 Å². The van der Waals surface area contributed by atoms with Gasteiger partial charge in [-0.05, 0) is 6.07 Å². The lowest BCUT2D eigenvalue weighted by Gasteiger charge is -1.93. The molecule has 4 nitrogen and oxygen atoms in total. The summed E-state index contributed by atoms with van der Waals surface area (Å²) in [7, 11) is 0. The summed E-state index contributed by atoms with van der Waals surface area (Å²) in [6, 6.07) is 7.96. The van der Waals surface area contributed by atoms with Gasteiger partial charge in [0.2, 0.25) is 0 Å². The SMILES string of the molecule is NC(=O)c1nc(-c2c[nH]c3ccccc23)cs1. The number of rotatable bonds is 2. The van der Waals surface area contributed by atoms with Crippen LogP contribution in [0.2, 0.25) is 0 Å². The molecule has 0 spiro atoms. The molecule has 0 aliphatic rings. The van der Waals surface area contributed by atoms with Crippen molar-refractivity contribution in [2.45, 2.75) is 0 Å². The van der Waals surface area contributed by atoms with Crippen LogP contribution < -0.4 is 5.73 Å². The van der Waals surface area contributed by atoms with Gasteiger partial charge in [0.05, 0.1) is 5.69 Å². The number of nitrogens with zero attached hydrogens (tertiary/aromatic N) is 1. The summed E-state index contributed by atoms with van der Waals surface area (Å²) in [5.41, 5.74) is 8.02. The molecule has 0 aliphatic heterocycles. The van der Waals surface area contributed by atoms with Crippen molar-refractivity contribution >= 4 is 28.1 Å². The normalized spacial score (nSPS) is 10.8. The maximum absolute atomic E-state index is 11.0. The van der Waals surface area contributed by atoms with Gasteiger partial charge in [-0.15, -0.1) is 11.3 Å². The van der Waals surface area contributed by atoms with Crippen LogP contribution in [0.4, 0.5) is 0 Å². The molecule has 0 fully saturated rings. The third kappa shape index (κ3) is 1.60. The van der Waals surface area contributed by atoms with Crippen LogP contribution >= 0.6 is 11.3 Å². The van der Waals surface area contributed by atoms with Crippen molar-refractivity contribution in [2.24, 2.45) is 5.73 Å². The summed E-state index contributed by atoms with van der Waals surface area (Å²) in [6.07, 6.45) is 1.89. The molecule has 3 N–H and O–H groups in total. The molecule has 5 heteroatoms. The number of nitrogens with two attached hydrogens (primary N) is 1. The maximum Gasteiger partial charge on any atom is 0.277 e. The highest BCUT2D eigenvalue weighted by Gasteiger charge is 2.11. The first-order chi connectivity index (χ1) is 8.25. The highest BCUT2D eigenvalue weighted by atomic mass is 32.1. The van der Waals surface area contributed by atoms with Gasteiger partial charge in [-0.25, -0.2) is 4.98 Å². The summed E-state index contributed by atoms with van der Waals surface area (Å²) >= 11 is 1.26. The van der Waals surface area contributed by atoms with Crippen LogP contribution in [0.25, 0.3) is 22.2 Å². The van der Waals surface area contributed by atoms with E-state index in [9.17, 15) is 4.79 Å². The molecule has 2 aromatic heterocycles. The van der Waals surface area contributed by atoms with Gasteiger partial charge in [0, 0.05) is 28.0 Å². The molecule has 0 aliphatic carbocycles. The number of fused-ring (bicyclic) bond motifs is 1. The zero-order chi connectivity index (χ0) is 11.8. The number of hydrogen-bond acceptors (Lipinski definition) is 3. The second kappa shape index (κ2) is 3.71. The van der Waals surface area contributed by atoms with E-state index in [1.54, 1.807) is 0 Å². The molecule has 1 aromatic carbocycles. The van der Waals surface area contributed by atoms with Gasteiger partial charge >= 0.3 is 0 Å². The molecule has 0 saturated heterocycles. The van der Waals surface area contributed by atoms with Crippen molar-refractivity contribution in [3.63, 3.8) is 0 Å². The number of aromatic amines is 1. The summed E-state index contributed by atoms with van der Waals surface area (Å²) in [6.45, 7) is 0. The largest absolute Gasteiger partial charge is 0.364 e. The van der Waals surface area contributed by atoms with E-state index in [0.717, 1.165) is 22.2 Å². The van der Waals surface area contributed by atoms with Crippen molar-refractivity contribution < 1.29 is 4.79 Å². The number of carbonyl (C=O) groups excluding carboxylic acids is 1. The number of benzene rings is 1. The van der Waals surface area contributed by atoms with E-state index in [4.69, 9.17) is 5.73 Å². The van der Waals surface area contributed by atoms with Crippen LogP contribution in [-0.4, -0.2) is 15.9 Å². The second-order valence-corrected chi connectivity index (χ2v) is 4.51. The fourth-order valence-electron chi connectivity index (χ4n) is 1.79. The molecule has 0 bridgehead atoms. The lowest BCUT2D eigenvalue weighted by Crippen LogP contribution is -2.10. The molecule has 0 atom stereocenters. The molecule has 3 rings (SSSR count). The molecular weight excluding hydrogens is 234 g/mol. The van der Waals surface area contributed by atoms with E-state index in [2.05, 4.69) is 9.97 Å². The van der Waals surface area contributed by atoms with Gasteiger partial charge in [-0.2, -0.15) is 0 Å². The second-order valence-electron chi connectivity index (χ2n) is 3.65. The Balaban J connectivity index is 2.17. The number of aromatic nitrogens is 2. The van der Waals surface area contributed by atoms with Crippen LogP contribution in [0, 0.1) is 0 Å². The van der Waals surface area contributed by atoms with Gasteiger partial charge in [0.25, 0.3) is 5.91 Å². The predicted octanol–water partition coefficient (Wildman–Crippen LogP) is 2.39. The monoisotopic (exact) mass is 243 g/mol. The summed E-state index contributed by atoms with van der Waals surface area (Å²) in [5.74, 6) is -0.485. The van der Waals surface area contributed by atoms with Crippen molar-refractivity contribution in [3.8, 4) is 11.3 Å². The summed E-state index contributed by atoms with van der Waals surface area (Å²) in [4.78, 5) is 18.4. The molecule has 0 unspecified atom stereocenters. The topological polar surface area (TPSA) is 71.8 Å². The predicted molar refractivity (Wildman–Crippen MR) is 67.9 cm³/mol. The van der Waals surface area contributed by atoms with Crippen LogP contribution in [0.15, 0.2) is 35.8 Å². The molecule has 0 saturated carbocycles. The minimum atomic E-state index is -0.485. The number of para-hydroxylation sites is 1. The molecule has 84 valence electrons. The Morgan fingerprint density at radius 1 is 1.35 bits per heavy atom. The number of thiazole rings is 1. The molecule has 0 radical (unpaired) electrons. The summed E-state index contributed by atoms with van der Waals surface area (Å²) in [5, 5.41) is 3.27. The average molecular weight is 243 g/mol. The lowest BCUT2D eigenvalue weighted by atomic mass is 10.1. The number of hydrogen-bond donors (Lipinski definition) is 2. The molecule has 17 heavy (non-hydrogen) atoms. The minimum absolute atomic E-state index is 0.338. The molecule has 1 amide bonds. The number of amides is 1. The Morgan fingerprint density at radius 3 is 2.94 bits per heavy atom. The first kappa shape index (κ1) is 10.0. The minimum Gasteiger partial charge on any atom is -0.364 e. The Kier molecular flexibility index (Phi) is 2.19. The number of carbonyl (C=O) groups is 1. The van der Waals surface area contributed by atoms with Gasteiger partial charge in [-0.3, -0.25) is 4.79 Å². The fourth-order valence-corrected chi connectivity index (χ4v) is 2.46. The van der Waals surface area contributed by atoms with E-state index in [1.807, 2.05) is 35.8 Å². The van der Waals surface area contributed by atoms with Gasteiger partial charge in [-0.1, -0.05) is 18.2 Å². The van der Waals surface area contributed by atoms with E-state index in [0.29, 0.717) is 5.01 Å². The highest BCUT2D eigenvalue weighted by molar-refractivity contribution is 7.12. The quantitative estimate of drug-likeness (QED) is 0.725. The van der Waals surface area contributed by atoms with E-state index in [1.165, 1.54) is 11.3 Å². The Bertz CT molecular complexity index is 698. The lowest BCUT2D eigenvalue weighted by molar-refractivity contribution is 0.1000. The van der Waals surface area contributed by atoms with Crippen LogP contribution in [0.3, 0.4) is 0 Å². The highest BCUT2D eigenvalue weighted by Crippen LogP contribution is 2.29.